The molecule has 0 spiro atoms. The lowest BCUT2D eigenvalue weighted by molar-refractivity contribution is -0.197. The van der Waals surface area contributed by atoms with E-state index in [1.807, 2.05) is 0 Å². The van der Waals surface area contributed by atoms with Crippen molar-refractivity contribution in [2.45, 2.75) is 24.0 Å². The summed E-state index contributed by atoms with van der Waals surface area (Å²) in [5, 5.41) is 0.375. The summed E-state index contributed by atoms with van der Waals surface area (Å²) in [6.07, 6.45) is -8.28. The van der Waals surface area contributed by atoms with Crippen LogP contribution in [-0.4, -0.2) is 47.8 Å². The van der Waals surface area contributed by atoms with E-state index in [1.165, 1.54) is 31.2 Å². The summed E-state index contributed by atoms with van der Waals surface area (Å²) in [6.45, 7) is 1.53. The average molecular weight is 499 g/mol. The molecule has 0 fully saturated rings. The Balaban J connectivity index is 2.43. The van der Waals surface area contributed by atoms with Crippen LogP contribution in [0.2, 0.25) is 0 Å². The lowest BCUT2D eigenvalue weighted by atomic mass is 10.0. The van der Waals surface area contributed by atoms with E-state index in [1.54, 1.807) is 6.07 Å². The molecular weight excluding hydrogens is 485 g/mol. The molecule has 0 amide bonds. The van der Waals surface area contributed by atoms with Crippen molar-refractivity contribution in [2.24, 2.45) is 0 Å². The molecule has 1 N–H and O–H groups in total. The fourth-order valence-electron chi connectivity index (χ4n) is 2.31. The Morgan fingerprint density at radius 2 is 1.72 bits per heavy atom. The van der Waals surface area contributed by atoms with E-state index in [-0.39, 0.29) is 22.1 Å². The summed E-state index contributed by atoms with van der Waals surface area (Å²) in [5.41, 5.74) is -0.308. The number of ether oxygens (including phenoxy) is 2. The Morgan fingerprint density at radius 3 is 2.24 bits per heavy atom. The second-order valence-electron chi connectivity index (χ2n) is 5.88. The van der Waals surface area contributed by atoms with Crippen LogP contribution in [0.15, 0.2) is 36.4 Å². The molecule has 0 heterocycles. The molecule has 12 heteroatoms. The summed E-state index contributed by atoms with van der Waals surface area (Å²) in [4.78, 5) is 23.5. The third kappa shape index (κ3) is 6.15. The molecule has 0 saturated carbocycles. The summed E-state index contributed by atoms with van der Waals surface area (Å²) in [5.74, 6) is -3.85. The maximum Gasteiger partial charge on any atom is 0.426 e. The van der Waals surface area contributed by atoms with Crippen LogP contribution >= 0.6 is 15.9 Å². The van der Waals surface area contributed by atoms with Gasteiger partial charge in [0, 0.05) is 5.39 Å². The first-order chi connectivity index (χ1) is 13.3. The van der Waals surface area contributed by atoms with Gasteiger partial charge in [-0.25, -0.2) is 4.79 Å². The maximum absolute atomic E-state index is 13.0. The predicted molar refractivity (Wildman–Crippen MR) is 99.6 cm³/mol. The number of benzene rings is 2. The van der Waals surface area contributed by atoms with Gasteiger partial charge in [0.05, 0.1) is 5.56 Å². The monoisotopic (exact) mass is 498 g/mol. The number of alkyl halides is 4. The van der Waals surface area contributed by atoms with E-state index in [4.69, 9.17) is 9.29 Å². The molecule has 158 valence electrons. The van der Waals surface area contributed by atoms with E-state index in [9.17, 15) is 31.2 Å². The Morgan fingerprint density at radius 1 is 1.14 bits per heavy atom. The van der Waals surface area contributed by atoms with Gasteiger partial charge in [-0.05, 0) is 24.4 Å². The molecule has 0 aromatic heterocycles. The molecule has 7 nitrogen and oxygen atoms in total. The second kappa shape index (κ2) is 8.67. The Bertz CT molecular complexity index is 1030. The molecule has 0 radical (unpaired) electrons. The summed E-state index contributed by atoms with van der Waals surface area (Å²) in [6, 6.07) is 8.23. The van der Waals surface area contributed by atoms with Gasteiger partial charge in [0.2, 0.25) is 6.10 Å². The summed E-state index contributed by atoms with van der Waals surface area (Å²) >= 11 is 3.04. The van der Waals surface area contributed by atoms with Crippen molar-refractivity contribution < 1.29 is 45.2 Å². The predicted octanol–water partition coefficient (Wildman–Crippen LogP) is 3.50. The zero-order valence-corrected chi connectivity index (χ0v) is 17.0. The smallest absolute Gasteiger partial charge is 0.426 e. The molecule has 0 saturated heterocycles. The van der Waals surface area contributed by atoms with Crippen LogP contribution in [-0.2, 0) is 19.6 Å². The number of hydrogen-bond acceptors (Lipinski definition) is 6. The molecule has 2 atom stereocenters. The van der Waals surface area contributed by atoms with Gasteiger partial charge < -0.3 is 9.47 Å². The van der Waals surface area contributed by atoms with Crippen LogP contribution in [0, 0.1) is 0 Å². The van der Waals surface area contributed by atoms with Gasteiger partial charge in [0.1, 0.15) is 16.3 Å². The molecule has 0 aliphatic carbocycles. The number of halogens is 4. The van der Waals surface area contributed by atoms with Crippen molar-refractivity contribution in [3.63, 3.8) is 0 Å². The summed E-state index contributed by atoms with van der Waals surface area (Å²) < 4.78 is 78.9. The number of carbonyl (C=O) groups excluding carboxylic acids is 2. The molecule has 0 aliphatic rings. The van der Waals surface area contributed by atoms with E-state index in [0.29, 0.717) is 0 Å². The highest BCUT2D eigenvalue weighted by atomic mass is 79.9. The van der Waals surface area contributed by atoms with Crippen LogP contribution in [0.3, 0.4) is 0 Å². The zero-order chi connectivity index (χ0) is 22.0. The number of fused-ring (bicyclic) bond motifs is 1. The quantitative estimate of drug-likeness (QED) is 0.281. The van der Waals surface area contributed by atoms with Gasteiger partial charge in [-0.1, -0.05) is 40.2 Å². The topological polar surface area (TPSA) is 107 Å². The number of rotatable bonds is 6. The SMILES string of the molecule is CC(Br)C(=O)Oc1ccc(C(=O)OC(CS(=O)(=O)O)C(F)(F)F)c2ccccc12. The number of carbonyl (C=O) groups is 2. The van der Waals surface area contributed by atoms with Crippen molar-refractivity contribution >= 4 is 48.8 Å². The first-order valence-corrected chi connectivity index (χ1v) is 10.4. The van der Waals surface area contributed by atoms with E-state index < -0.39 is 44.9 Å². The van der Waals surface area contributed by atoms with Gasteiger partial charge in [0.25, 0.3) is 10.1 Å². The van der Waals surface area contributed by atoms with E-state index in [0.717, 1.165) is 6.07 Å². The van der Waals surface area contributed by atoms with Gasteiger partial charge >= 0.3 is 18.1 Å². The lowest BCUT2D eigenvalue weighted by Gasteiger charge is -2.20. The third-order valence-electron chi connectivity index (χ3n) is 3.62. The molecule has 2 aromatic carbocycles. The third-order valence-corrected chi connectivity index (χ3v) is 4.71. The fourth-order valence-corrected chi connectivity index (χ4v) is 3.04. The Hall–Kier alpha value is -2.18. The van der Waals surface area contributed by atoms with Crippen LogP contribution in [0.5, 0.6) is 5.75 Å². The largest absolute Gasteiger partial charge is 0.448 e. The second-order valence-corrected chi connectivity index (χ2v) is 8.75. The van der Waals surface area contributed by atoms with E-state index in [2.05, 4.69) is 20.7 Å². The normalized spacial score (nSPS) is 14.3. The number of hydrogen-bond donors (Lipinski definition) is 1. The highest BCUT2D eigenvalue weighted by Crippen LogP contribution is 2.31. The van der Waals surface area contributed by atoms with Gasteiger partial charge in [-0.3, -0.25) is 9.35 Å². The molecule has 2 unspecified atom stereocenters. The minimum atomic E-state index is -5.22. The highest BCUT2D eigenvalue weighted by Gasteiger charge is 2.45. The average Bonchev–Trinajstić information content (AvgIpc) is 2.59. The highest BCUT2D eigenvalue weighted by molar-refractivity contribution is 9.10. The molecule has 29 heavy (non-hydrogen) atoms. The number of esters is 2. The van der Waals surface area contributed by atoms with Crippen LogP contribution in [0.25, 0.3) is 10.8 Å². The van der Waals surface area contributed by atoms with Crippen molar-refractivity contribution in [3.05, 3.63) is 42.0 Å². The van der Waals surface area contributed by atoms with Crippen molar-refractivity contribution in [1.29, 1.82) is 0 Å². The molecule has 2 rings (SSSR count). The Kier molecular flexibility index (Phi) is 6.91. The van der Waals surface area contributed by atoms with Crippen LogP contribution in [0.1, 0.15) is 17.3 Å². The Labute approximate surface area is 171 Å². The van der Waals surface area contributed by atoms with Crippen molar-refractivity contribution in [1.82, 2.24) is 0 Å². The molecule has 0 aliphatic heterocycles. The molecular formula is C17H14BrF3O7S. The standard InChI is InChI=1S/C17H14BrF3O7S/c1-9(18)15(22)27-13-7-6-12(10-4-2-3-5-11(10)13)16(23)28-14(17(19,20)21)8-29(24,25)26/h2-7,9,14H,8H2,1H3,(H,24,25,26). The van der Waals surface area contributed by atoms with Crippen LogP contribution < -0.4 is 4.74 Å². The lowest BCUT2D eigenvalue weighted by Crippen LogP contribution is -2.39. The van der Waals surface area contributed by atoms with Gasteiger partial charge in [-0.2, -0.15) is 21.6 Å². The van der Waals surface area contributed by atoms with Crippen molar-refractivity contribution in [2.75, 3.05) is 5.75 Å². The van der Waals surface area contributed by atoms with Crippen molar-refractivity contribution in [3.8, 4) is 5.75 Å². The fraction of sp³-hybridized carbons (Fsp3) is 0.294. The first-order valence-electron chi connectivity index (χ1n) is 7.90. The van der Waals surface area contributed by atoms with Gasteiger partial charge in [0.15, 0.2) is 0 Å². The molecule has 0 bridgehead atoms. The summed E-state index contributed by atoms with van der Waals surface area (Å²) in [7, 11) is -5.06. The van der Waals surface area contributed by atoms with Gasteiger partial charge in [-0.15, -0.1) is 0 Å². The first kappa shape index (κ1) is 23.1. The minimum Gasteiger partial charge on any atom is -0.448 e. The van der Waals surface area contributed by atoms with E-state index >= 15 is 0 Å². The molecule has 2 aromatic rings. The maximum atomic E-state index is 13.0. The zero-order valence-electron chi connectivity index (χ0n) is 14.6. The minimum absolute atomic E-state index is 0.0683. The van der Waals surface area contributed by atoms with Crippen LogP contribution in [0.4, 0.5) is 13.2 Å².